The number of benzene rings is 1. The van der Waals surface area contributed by atoms with Crippen molar-refractivity contribution in [1.29, 1.82) is 0 Å². The van der Waals surface area contributed by atoms with Gasteiger partial charge in [0, 0.05) is 11.1 Å². The van der Waals surface area contributed by atoms with E-state index in [1.807, 2.05) is 19.9 Å². The third-order valence-corrected chi connectivity index (χ3v) is 5.07. The van der Waals surface area contributed by atoms with Crippen LogP contribution in [0.3, 0.4) is 0 Å². The van der Waals surface area contributed by atoms with Crippen molar-refractivity contribution in [2.45, 2.75) is 26.9 Å². The number of carbonyl (C=O) groups is 2. The first-order chi connectivity index (χ1) is 12.8. The van der Waals surface area contributed by atoms with Crippen LogP contribution in [0.15, 0.2) is 30.3 Å². The number of hydrogen-bond acceptors (Lipinski definition) is 6. The number of fused-ring (bicyclic) bond motifs is 1. The lowest BCUT2D eigenvalue weighted by atomic mass is 10.1. The first-order valence-electron chi connectivity index (χ1n) is 8.20. The summed E-state index contributed by atoms with van der Waals surface area (Å²) in [7, 11) is 0. The van der Waals surface area contributed by atoms with E-state index in [1.54, 1.807) is 6.07 Å². The minimum absolute atomic E-state index is 0.0158. The molecule has 0 saturated carbocycles. The van der Waals surface area contributed by atoms with Gasteiger partial charge in [0.1, 0.15) is 15.5 Å². The van der Waals surface area contributed by atoms with Crippen LogP contribution in [0.25, 0.3) is 10.2 Å². The van der Waals surface area contributed by atoms with Crippen molar-refractivity contribution in [3.05, 3.63) is 52.3 Å². The number of rotatable bonds is 4. The molecule has 1 aromatic carbocycles. The maximum Gasteiger partial charge on any atom is 0.351 e. The molecule has 1 atom stereocenters. The summed E-state index contributed by atoms with van der Waals surface area (Å²) in [4.78, 5) is 29.9. The molecule has 0 aliphatic carbocycles. The van der Waals surface area contributed by atoms with Crippen LogP contribution in [-0.2, 0) is 9.53 Å². The van der Waals surface area contributed by atoms with Crippen LogP contribution in [0.2, 0.25) is 0 Å². The van der Waals surface area contributed by atoms with Gasteiger partial charge in [0.25, 0.3) is 5.91 Å². The molecule has 0 bridgehead atoms. The van der Waals surface area contributed by atoms with Crippen LogP contribution in [0.5, 0.6) is 0 Å². The van der Waals surface area contributed by atoms with Crippen LogP contribution in [0.4, 0.5) is 15.8 Å². The van der Waals surface area contributed by atoms with E-state index in [1.165, 1.54) is 25.1 Å². The van der Waals surface area contributed by atoms with Crippen LogP contribution < -0.4 is 11.1 Å². The molecular weight excluding hydrogens is 369 g/mol. The molecule has 1 amide bonds. The topological polar surface area (TPSA) is 94.3 Å². The van der Waals surface area contributed by atoms with E-state index in [9.17, 15) is 14.0 Å². The van der Waals surface area contributed by atoms with E-state index in [0.29, 0.717) is 10.2 Å². The SMILES string of the molecule is Cc1cc(C)c2c(N)c(C(=O)O[C@H](C)C(=O)Nc3ccccc3F)sc2n1. The lowest BCUT2D eigenvalue weighted by Crippen LogP contribution is -2.30. The first kappa shape index (κ1) is 18.8. The fourth-order valence-corrected chi connectivity index (χ4v) is 3.78. The summed E-state index contributed by atoms with van der Waals surface area (Å²) in [5.74, 6) is -1.93. The van der Waals surface area contributed by atoms with Crippen molar-refractivity contribution >= 4 is 44.8 Å². The summed E-state index contributed by atoms with van der Waals surface area (Å²) < 4.78 is 18.9. The van der Waals surface area contributed by atoms with E-state index in [-0.39, 0.29) is 16.3 Å². The van der Waals surface area contributed by atoms with Gasteiger partial charge in [-0.25, -0.2) is 14.2 Å². The second-order valence-electron chi connectivity index (χ2n) is 6.12. The lowest BCUT2D eigenvalue weighted by Gasteiger charge is -2.13. The molecular formula is C19H18FN3O3S. The van der Waals surface area contributed by atoms with Crippen molar-refractivity contribution in [3.63, 3.8) is 0 Å². The number of para-hydroxylation sites is 1. The van der Waals surface area contributed by atoms with E-state index >= 15 is 0 Å². The van der Waals surface area contributed by atoms with Crippen LogP contribution in [-0.4, -0.2) is 23.0 Å². The number of ether oxygens (including phenoxy) is 1. The van der Waals surface area contributed by atoms with E-state index < -0.39 is 23.8 Å². The molecule has 2 aromatic heterocycles. The van der Waals surface area contributed by atoms with E-state index in [0.717, 1.165) is 22.6 Å². The summed E-state index contributed by atoms with van der Waals surface area (Å²) >= 11 is 1.12. The number of anilines is 2. The van der Waals surface area contributed by atoms with Crippen LogP contribution >= 0.6 is 11.3 Å². The Bertz CT molecular complexity index is 1050. The number of carbonyl (C=O) groups excluding carboxylic acids is 2. The molecule has 0 aliphatic rings. The molecule has 140 valence electrons. The molecule has 3 rings (SSSR count). The Balaban J connectivity index is 1.78. The highest BCUT2D eigenvalue weighted by atomic mass is 32.1. The van der Waals surface area contributed by atoms with Crippen molar-refractivity contribution < 1.29 is 18.7 Å². The highest BCUT2D eigenvalue weighted by Crippen LogP contribution is 2.35. The quantitative estimate of drug-likeness (QED) is 0.664. The summed E-state index contributed by atoms with van der Waals surface area (Å²) in [5, 5.41) is 3.10. The fraction of sp³-hybridized carbons (Fsp3) is 0.211. The van der Waals surface area contributed by atoms with Gasteiger partial charge >= 0.3 is 5.97 Å². The number of nitrogens with two attached hydrogens (primary N) is 1. The van der Waals surface area contributed by atoms with E-state index in [2.05, 4.69) is 10.3 Å². The van der Waals surface area contributed by atoms with Crippen molar-refractivity contribution in [1.82, 2.24) is 4.98 Å². The molecule has 0 fully saturated rings. The van der Waals surface area contributed by atoms with Crippen LogP contribution in [0, 0.1) is 19.7 Å². The third kappa shape index (κ3) is 3.75. The summed E-state index contributed by atoms with van der Waals surface area (Å²) in [6, 6.07) is 7.62. The second-order valence-corrected chi connectivity index (χ2v) is 7.12. The van der Waals surface area contributed by atoms with Gasteiger partial charge in [-0.3, -0.25) is 4.79 Å². The highest BCUT2D eigenvalue weighted by Gasteiger charge is 2.24. The smallest absolute Gasteiger partial charge is 0.351 e. The molecule has 0 radical (unpaired) electrons. The summed E-state index contributed by atoms with van der Waals surface area (Å²) in [6.07, 6.45) is -1.13. The zero-order valence-electron chi connectivity index (χ0n) is 15.0. The number of thiophene rings is 1. The predicted octanol–water partition coefficient (Wildman–Crippen LogP) is 3.82. The molecule has 0 aliphatic heterocycles. The number of amides is 1. The van der Waals surface area contributed by atoms with Crippen molar-refractivity contribution in [3.8, 4) is 0 Å². The Morgan fingerprint density at radius 1 is 1.30 bits per heavy atom. The fourth-order valence-electron chi connectivity index (χ4n) is 2.69. The number of hydrogen-bond donors (Lipinski definition) is 2. The maximum absolute atomic E-state index is 13.6. The largest absolute Gasteiger partial charge is 0.448 e. The van der Waals surface area contributed by atoms with Gasteiger partial charge in [0.05, 0.1) is 11.4 Å². The molecule has 2 heterocycles. The number of halogens is 1. The monoisotopic (exact) mass is 387 g/mol. The average molecular weight is 387 g/mol. The number of nitrogens with one attached hydrogen (secondary N) is 1. The Labute approximate surface area is 159 Å². The molecule has 8 heteroatoms. The minimum Gasteiger partial charge on any atom is -0.448 e. The third-order valence-electron chi connectivity index (χ3n) is 3.99. The standard InChI is InChI=1S/C19H18FN3O3S/c1-9-8-10(2)22-18-14(9)15(21)16(27-18)19(25)26-11(3)17(24)23-13-7-5-4-6-12(13)20/h4-8,11H,21H2,1-3H3,(H,23,24)/t11-/m1/s1. The molecule has 3 N–H and O–H groups in total. The number of aromatic nitrogens is 1. The molecule has 3 aromatic rings. The summed E-state index contributed by atoms with van der Waals surface area (Å²) in [5.41, 5.74) is 8.14. The second kappa shape index (κ2) is 7.32. The Morgan fingerprint density at radius 3 is 2.70 bits per heavy atom. The molecule has 6 nitrogen and oxygen atoms in total. The van der Waals surface area contributed by atoms with Gasteiger partial charge in [-0.05, 0) is 44.5 Å². The number of nitrogen functional groups attached to an aromatic ring is 1. The normalized spacial score (nSPS) is 12.0. The highest BCUT2D eigenvalue weighted by molar-refractivity contribution is 7.21. The van der Waals surface area contributed by atoms with Gasteiger partial charge in [0.15, 0.2) is 6.10 Å². The molecule has 0 unspecified atom stereocenters. The average Bonchev–Trinajstić information content (AvgIpc) is 2.93. The molecule has 27 heavy (non-hydrogen) atoms. The Kier molecular flexibility index (Phi) is 5.09. The van der Waals surface area contributed by atoms with Gasteiger partial charge in [-0.1, -0.05) is 12.1 Å². The Morgan fingerprint density at radius 2 is 2.00 bits per heavy atom. The number of aryl methyl sites for hydroxylation is 2. The number of nitrogens with zero attached hydrogens (tertiary/aromatic N) is 1. The summed E-state index contributed by atoms with van der Waals surface area (Å²) in [6.45, 7) is 5.15. The zero-order chi connectivity index (χ0) is 19.7. The molecule has 0 spiro atoms. The van der Waals surface area contributed by atoms with Crippen molar-refractivity contribution in [2.24, 2.45) is 0 Å². The number of pyridine rings is 1. The number of esters is 1. The van der Waals surface area contributed by atoms with Gasteiger partial charge in [-0.15, -0.1) is 11.3 Å². The lowest BCUT2D eigenvalue weighted by molar-refractivity contribution is -0.123. The van der Waals surface area contributed by atoms with Crippen LogP contribution in [0.1, 0.15) is 27.9 Å². The zero-order valence-corrected chi connectivity index (χ0v) is 15.8. The van der Waals surface area contributed by atoms with E-state index in [4.69, 9.17) is 10.5 Å². The minimum atomic E-state index is -1.13. The van der Waals surface area contributed by atoms with Gasteiger partial charge in [0.2, 0.25) is 0 Å². The molecule has 0 saturated heterocycles. The van der Waals surface area contributed by atoms with Gasteiger partial charge in [-0.2, -0.15) is 0 Å². The van der Waals surface area contributed by atoms with Gasteiger partial charge < -0.3 is 15.8 Å². The predicted molar refractivity (Wildman–Crippen MR) is 103 cm³/mol. The van der Waals surface area contributed by atoms with Crippen molar-refractivity contribution in [2.75, 3.05) is 11.1 Å². The maximum atomic E-state index is 13.6. The Hall–Kier alpha value is -3.00. The first-order valence-corrected chi connectivity index (χ1v) is 9.02.